The molecular formula is C18H14Cl3N3O3. The number of rotatable bonds is 3. The van der Waals surface area contributed by atoms with Gasteiger partial charge in [0.05, 0.1) is 42.0 Å². The molecule has 1 fully saturated rings. The first-order valence-corrected chi connectivity index (χ1v) is 9.31. The Morgan fingerprint density at radius 1 is 1.15 bits per heavy atom. The van der Waals surface area contributed by atoms with Gasteiger partial charge < -0.3 is 14.1 Å². The van der Waals surface area contributed by atoms with E-state index in [1.165, 1.54) is 0 Å². The van der Waals surface area contributed by atoms with E-state index >= 15 is 0 Å². The maximum absolute atomic E-state index is 12.8. The average molecular weight is 427 g/mol. The molecule has 1 unspecified atom stereocenters. The fourth-order valence-electron chi connectivity index (χ4n) is 2.98. The van der Waals surface area contributed by atoms with Crippen LogP contribution in [-0.2, 0) is 4.74 Å². The Labute approximate surface area is 169 Å². The van der Waals surface area contributed by atoms with Crippen LogP contribution in [0.15, 0.2) is 52.0 Å². The molecule has 1 aliphatic rings. The summed E-state index contributed by atoms with van der Waals surface area (Å²) in [4.78, 5) is 14.7. The van der Waals surface area contributed by atoms with Crippen LogP contribution < -0.4 is 10.5 Å². The molecule has 0 radical (unpaired) electrons. The van der Waals surface area contributed by atoms with E-state index in [4.69, 9.17) is 44.0 Å². The van der Waals surface area contributed by atoms with Crippen molar-refractivity contribution in [2.45, 2.75) is 6.10 Å². The van der Waals surface area contributed by atoms with Crippen molar-refractivity contribution >= 4 is 40.5 Å². The summed E-state index contributed by atoms with van der Waals surface area (Å²) in [5.41, 5.74) is 0.497. The molecule has 1 aliphatic heterocycles. The van der Waals surface area contributed by atoms with Gasteiger partial charge in [-0.15, -0.1) is 0 Å². The fraction of sp³-hybridized carbons (Fsp3) is 0.222. The summed E-state index contributed by atoms with van der Waals surface area (Å²) in [6.07, 6.45) is 2.92. The minimum atomic E-state index is -0.459. The molecule has 3 aromatic rings. The zero-order chi connectivity index (χ0) is 19.0. The Kier molecular flexibility index (Phi) is 5.14. The highest BCUT2D eigenvalue weighted by molar-refractivity contribution is 6.36. The van der Waals surface area contributed by atoms with E-state index in [0.717, 1.165) is 10.4 Å². The second-order valence-corrected chi connectivity index (χ2v) is 7.20. The molecule has 1 saturated heterocycles. The Hall–Kier alpha value is -1.99. The quantitative estimate of drug-likeness (QED) is 0.622. The van der Waals surface area contributed by atoms with Gasteiger partial charge in [0, 0.05) is 11.6 Å². The van der Waals surface area contributed by atoms with E-state index in [1.54, 1.807) is 30.7 Å². The van der Waals surface area contributed by atoms with Gasteiger partial charge >= 0.3 is 0 Å². The SMILES string of the molecule is O=c1c(Cl)c(N2CCOC(c3ccco3)C2)cnn1-c1ccc(Cl)cc1Cl. The molecule has 0 spiro atoms. The molecule has 1 atom stereocenters. The van der Waals surface area contributed by atoms with E-state index in [2.05, 4.69) is 5.10 Å². The first-order valence-electron chi connectivity index (χ1n) is 8.18. The monoisotopic (exact) mass is 425 g/mol. The van der Waals surface area contributed by atoms with Gasteiger partial charge in [-0.2, -0.15) is 9.78 Å². The number of nitrogens with zero attached hydrogens (tertiary/aromatic N) is 3. The average Bonchev–Trinajstić information content (AvgIpc) is 3.19. The molecule has 1 aromatic carbocycles. The maximum Gasteiger partial charge on any atom is 0.292 e. The normalized spacial score (nSPS) is 17.3. The van der Waals surface area contributed by atoms with Gasteiger partial charge in [0.15, 0.2) is 0 Å². The molecule has 4 rings (SSSR count). The minimum Gasteiger partial charge on any atom is -0.467 e. The van der Waals surface area contributed by atoms with Crippen LogP contribution in [0.25, 0.3) is 5.69 Å². The topological polar surface area (TPSA) is 60.5 Å². The summed E-state index contributed by atoms with van der Waals surface area (Å²) >= 11 is 18.5. The third-order valence-electron chi connectivity index (χ3n) is 4.31. The Bertz CT molecular complexity index is 1020. The van der Waals surface area contributed by atoms with Crippen molar-refractivity contribution in [2.24, 2.45) is 0 Å². The van der Waals surface area contributed by atoms with Crippen LogP contribution in [0, 0.1) is 0 Å². The van der Waals surface area contributed by atoms with Gasteiger partial charge in [-0.3, -0.25) is 4.79 Å². The van der Waals surface area contributed by atoms with Crippen LogP contribution in [0.4, 0.5) is 5.69 Å². The molecule has 2 aromatic heterocycles. The van der Waals surface area contributed by atoms with Gasteiger partial charge in [-0.25, -0.2) is 0 Å². The van der Waals surface area contributed by atoms with Crippen LogP contribution >= 0.6 is 34.8 Å². The number of ether oxygens (including phenoxy) is 1. The first-order chi connectivity index (χ1) is 13.0. The van der Waals surface area contributed by atoms with Crippen molar-refractivity contribution in [3.63, 3.8) is 0 Å². The summed E-state index contributed by atoms with van der Waals surface area (Å²) in [7, 11) is 0. The number of benzene rings is 1. The highest BCUT2D eigenvalue weighted by atomic mass is 35.5. The smallest absolute Gasteiger partial charge is 0.292 e. The molecule has 6 nitrogen and oxygen atoms in total. The van der Waals surface area contributed by atoms with E-state index in [-0.39, 0.29) is 11.1 Å². The lowest BCUT2D eigenvalue weighted by molar-refractivity contribution is 0.0257. The van der Waals surface area contributed by atoms with Crippen LogP contribution in [0.3, 0.4) is 0 Å². The largest absolute Gasteiger partial charge is 0.467 e. The summed E-state index contributed by atoms with van der Waals surface area (Å²) in [5, 5.41) is 5.09. The highest BCUT2D eigenvalue weighted by Crippen LogP contribution is 2.30. The number of hydrogen-bond acceptors (Lipinski definition) is 5. The lowest BCUT2D eigenvalue weighted by atomic mass is 10.2. The summed E-state index contributed by atoms with van der Waals surface area (Å²) in [6.45, 7) is 1.57. The standard InChI is InChI=1S/C18H14Cl3N3O3/c19-11-3-4-13(12(20)8-11)24-18(25)17(21)14(9-22-24)23-5-7-27-16(10-23)15-2-1-6-26-15/h1-4,6,8-9,16H,5,7,10H2. The summed E-state index contributed by atoms with van der Waals surface area (Å²) in [6, 6.07) is 8.47. The Balaban J connectivity index is 1.67. The molecule has 0 aliphatic carbocycles. The lowest BCUT2D eigenvalue weighted by Crippen LogP contribution is -2.39. The van der Waals surface area contributed by atoms with Gasteiger partial charge in [0.25, 0.3) is 5.56 Å². The number of anilines is 1. The molecule has 27 heavy (non-hydrogen) atoms. The van der Waals surface area contributed by atoms with E-state index in [9.17, 15) is 4.79 Å². The highest BCUT2D eigenvalue weighted by Gasteiger charge is 2.27. The van der Waals surface area contributed by atoms with Crippen molar-refractivity contribution in [1.29, 1.82) is 0 Å². The maximum atomic E-state index is 12.8. The van der Waals surface area contributed by atoms with Gasteiger partial charge in [0.2, 0.25) is 0 Å². The zero-order valence-corrected chi connectivity index (χ0v) is 16.2. The Morgan fingerprint density at radius 2 is 2.00 bits per heavy atom. The molecule has 140 valence electrons. The van der Waals surface area contributed by atoms with Crippen molar-refractivity contribution in [3.05, 3.63) is 74.0 Å². The number of morpholine rings is 1. The number of furan rings is 1. The van der Waals surface area contributed by atoms with Gasteiger partial charge in [0.1, 0.15) is 16.9 Å². The third kappa shape index (κ3) is 3.58. The zero-order valence-electron chi connectivity index (χ0n) is 13.9. The van der Waals surface area contributed by atoms with Crippen LogP contribution in [0.2, 0.25) is 15.1 Å². The molecule has 3 heterocycles. The lowest BCUT2D eigenvalue weighted by Gasteiger charge is -2.33. The Morgan fingerprint density at radius 3 is 2.74 bits per heavy atom. The third-order valence-corrected chi connectivity index (χ3v) is 5.20. The number of hydrogen-bond donors (Lipinski definition) is 0. The summed E-state index contributed by atoms with van der Waals surface area (Å²) < 4.78 is 12.3. The van der Waals surface area contributed by atoms with E-state index in [0.29, 0.717) is 41.1 Å². The molecule has 9 heteroatoms. The predicted octanol–water partition coefficient (Wildman–Crippen LogP) is 4.36. The van der Waals surface area contributed by atoms with Crippen molar-refractivity contribution in [3.8, 4) is 5.69 Å². The fourth-order valence-corrected chi connectivity index (χ4v) is 3.72. The predicted molar refractivity (Wildman–Crippen MR) is 104 cm³/mol. The second-order valence-electron chi connectivity index (χ2n) is 5.98. The second kappa shape index (κ2) is 7.56. The van der Waals surface area contributed by atoms with Crippen LogP contribution in [-0.4, -0.2) is 29.5 Å². The van der Waals surface area contributed by atoms with Crippen molar-refractivity contribution in [2.75, 3.05) is 24.6 Å². The van der Waals surface area contributed by atoms with E-state index < -0.39 is 5.56 Å². The summed E-state index contributed by atoms with van der Waals surface area (Å²) in [5.74, 6) is 0.727. The van der Waals surface area contributed by atoms with Crippen molar-refractivity contribution in [1.82, 2.24) is 9.78 Å². The van der Waals surface area contributed by atoms with Gasteiger partial charge in [-0.05, 0) is 30.3 Å². The van der Waals surface area contributed by atoms with Crippen LogP contribution in [0.1, 0.15) is 11.9 Å². The molecular weight excluding hydrogens is 413 g/mol. The van der Waals surface area contributed by atoms with Crippen molar-refractivity contribution < 1.29 is 9.15 Å². The molecule has 0 amide bonds. The number of aromatic nitrogens is 2. The van der Waals surface area contributed by atoms with E-state index in [1.807, 2.05) is 17.0 Å². The van der Waals surface area contributed by atoms with Gasteiger partial charge in [-0.1, -0.05) is 34.8 Å². The molecule has 0 bridgehead atoms. The molecule has 0 saturated carbocycles. The minimum absolute atomic E-state index is 0.0658. The molecule has 0 N–H and O–H groups in total. The number of halogens is 3. The first kappa shape index (κ1) is 18.4. The van der Waals surface area contributed by atoms with Crippen LogP contribution in [0.5, 0.6) is 0 Å².